The Morgan fingerprint density at radius 3 is 2.23 bits per heavy atom. The fourth-order valence-corrected chi connectivity index (χ4v) is 2.38. The van der Waals surface area contributed by atoms with Crippen molar-refractivity contribution in [3.05, 3.63) is 70.7 Å². The molecule has 1 atom stereocenters. The number of hydrogen-bond acceptors (Lipinski definition) is 2. The van der Waals surface area contributed by atoms with Gasteiger partial charge in [0.2, 0.25) is 0 Å². The Kier molecular flexibility index (Phi) is 5.15. The third kappa shape index (κ3) is 3.85. The summed E-state index contributed by atoms with van der Waals surface area (Å²) in [7, 11) is 0. The van der Waals surface area contributed by atoms with Crippen LogP contribution in [0.3, 0.4) is 0 Å². The van der Waals surface area contributed by atoms with E-state index in [-0.39, 0.29) is 17.9 Å². The van der Waals surface area contributed by atoms with E-state index in [0.717, 1.165) is 12.0 Å². The van der Waals surface area contributed by atoms with Crippen molar-refractivity contribution in [1.29, 1.82) is 0 Å². The lowest BCUT2D eigenvalue weighted by molar-refractivity contribution is -0.605. The van der Waals surface area contributed by atoms with E-state index in [0.29, 0.717) is 10.3 Å². The van der Waals surface area contributed by atoms with Crippen molar-refractivity contribution < 1.29 is 9.52 Å². The summed E-state index contributed by atoms with van der Waals surface area (Å²) < 4.78 is 0.667. The molecule has 1 heterocycles. The molecule has 116 valence electrons. The summed E-state index contributed by atoms with van der Waals surface area (Å²) in [6.45, 7) is 6.28. The van der Waals surface area contributed by atoms with Crippen molar-refractivity contribution >= 4 is 5.91 Å². The van der Waals surface area contributed by atoms with Crippen molar-refractivity contribution in [2.75, 3.05) is 0 Å². The molecule has 2 rings (SSSR count). The fraction of sp³-hybridized carbons (Fsp3) is 0.333. The first-order chi connectivity index (χ1) is 10.5. The molecule has 22 heavy (non-hydrogen) atoms. The van der Waals surface area contributed by atoms with Crippen molar-refractivity contribution in [3.63, 3.8) is 0 Å². The third-order valence-electron chi connectivity index (χ3n) is 3.76. The van der Waals surface area contributed by atoms with Gasteiger partial charge >= 0.3 is 0 Å². The number of hydrogen-bond donors (Lipinski definition) is 1. The zero-order chi connectivity index (χ0) is 16.1. The summed E-state index contributed by atoms with van der Waals surface area (Å²) in [6, 6.07) is 11.3. The predicted molar refractivity (Wildman–Crippen MR) is 86.3 cm³/mol. The molecule has 0 fully saturated rings. The van der Waals surface area contributed by atoms with Crippen molar-refractivity contribution in [1.82, 2.24) is 5.32 Å². The third-order valence-corrected chi connectivity index (χ3v) is 3.76. The standard InChI is InChI=1S/C18H22N2O2/c1-4-14-5-7-15(8-6-14)17(13(2)3)19-18(21)16-9-11-20(22)12-10-16/h5-13,17H,4H2,1-3H3,(H,19,21)/t17-/m0/s1. The summed E-state index contributed by atoms with van der Waals surface area (Å²) in [5, 5.41) is 14.1. The van der Waals surface area contributed by atoms with Crippen LogP contribution >= 0.6 is 0 Å². The van der Waals surface area contributed by atoms with Crippen LogP contribution in [0.5, 0.6) is 0 Å². The normalized spacial score (nSPS) is 12.2. The van der Waals surface area contributed by atoms with Gasteiger partial charge in [0.1, 0.15) is 0 Å². The maximum absolute atomic E-state index is 12.3. The highest BCUT2D eigenvalue weighted by molar-refractivity contribution is 5.94. The first-order valence-electron chi connectivity index (χ1n) is 7.59. The van der Waals surface area contributed by atoms with Crippen molar-refractivity contribution in [3.8, 4) is 0 Å². The fourth-order valence-electron chi connectivity index (χ4n) is 2.38. The zero-order valence-corrected chi connectivity index (χ0v) is 13.2. The van der Waals surface area contributed by atoms with E-state index < -0.39 is 0 Å². The second-order valence-electron chi connectivity index (χ2n) is 5.74. The van der Waals surface area contributed by atoms with Crippen LogP contribution in [0.1, 0.15) is 48.3 Å². The highest BCUT2D eigenvalue weighted by Gasteiger charge is 2.19. The molecule has 2 aromatic rings. The average Bonchev–Trinajstić information content (AvgIpc) is 2.53. The van der Waals surface area contributed by atoms with E-state index in [9.17, 15) is 10.0 Å². The number of benzene rings is 1. The molecular formula is C18H22N2O2. The Labute approximate surface area is 131 Å². The number of amides is 1. The quantitative estimate of drug-likeness (QED) is 0.681. The van der Waals surface area contributed by atoms with Gasteiger partial charge in [-0.15, -0.1) is 0 Å². The second-order valence-corrected chi connectivity index (χ2v) is 5.74. The minimum atomic E-state index is -0.168. The summed E-state index contributed by atoms with van der Waals surface area (Å²) in [5.41, 5.74) is 2.86. The number of carbonyl (C=O) groups is 1. The van der Waals surface area contributed by atoms with Gasteiger partial charge in [0, 0.05) is 12.1 Å². The Morgan fingerprint density at radius 2 is 1.73 bits per heavy atom. The molecule has 1 N–H and O–H groups in total. The lowest BCUT2D eigenvalue weighted by atomic mass is 9.94. The van der Waals surface area contributed by atoms with Gasteiger partial charge in [-0.25, -0.2) is 0 Å². The Hall–Kier alpha value is -2.36. The Balaban J connectivity index is 2.17. The number of rotatable bonds is 5. The number of nitrogens with one attached hydrogen (secondary N) is 1. The van der Waals surface area contributed by atoms with Crippen LogP contribution in [-0.2, 0) is 6.42 Å². The largest absolute Gasteiger partial charge is 0.619 e. The smallest absolute Gasteiger partial charge is 0.252 e. The summed E-state index contributed by atoms with van der Waals surface area (Å²) in [4.78, 5) is 12.3. The minimum Gasteiger partial charge on any atom is -0.619 e. The minimum absolute atomic E-state index is 0.0574. The van der Waals surface area contributed by atoms with Gasteiger partial charge in [-0.05, 0) is 23.5 Å². The predicted octanol–water partition coefficient (Wildman–Crippen LogP) is 3.01. The van der Waals surface area contributed by atoms with Crippen LogP contribution in [0.4, 0.5) is 0 Å². The molecule has 0 bridgehead atoms. The second kappa shape index (κ2) is 7.07. The van der Waals surface area contributed by atoms with Crippen LogP contribution in [0.25, 0.3) is 0 Å². The van der Waals surface area contributed by atoms with Gasteiger partial charge in [0.05, 0.1) is 11.6 Å². The van der Waals surface area contributed by atoms with Crippen molar-refractivity contribution in [2.45, 2.75) is 33.2 Å². The molecule has 1 aromatic heterocycles. The highest BCUT2D eigenvalue weighted by Crippen LogP contribution is 2.22. The Bertz CT molecular complexity index is 619. The zero-order valence-electron chi connectivity index (χ0n) is 13.2. The van der Waals surface area contributed by atoms with E-state index >= 15 is 0 Å². The molecule has 0 aliphatic carbocycles. The number of pyridine rings is 1. The van der Waals surface area contributed by atoms with Gasteiger partial charge in [-0.3, -0.25) is 4.79 Å². The monoisotopic (exact) mass is 298 g/mol. The van der Waals surface area contributed by atoms with Crippen LogP contribution in [0.2, 0.25) is 0 Å². The maximum atomic E-state index is 12.3. The maximum Gasteiger partial charge on any atom is 0.252 e. The first kappa shape index (κ1) is 16.0. The number of aryl methyl sites for hydroxylation is 1. The number of nitrogens with zero attached hydrogens (tertiary/aromatic N) is 1. The van der Waals surface area contributed by atoms with Gasteiger partial charge < -0.3 is 10.5 Å². The first-order valence-corrected chi connectivity index (χ1v) is 7.59. The van der Waals surface area contributed by atoms with E-state index in [1.54, 1.807) is 0 Å². The summed E-state index contributed by atoms with van der Waals surface area (Å²) in [6.07, 6.45) is 3.66. The summed E-state index contributed by atoms with van der Waals surface area (Å²) in [5.74, 6) is 0.100. The van der Waals surface area contributed by atoms with Crippen LogP contribution in [-0.4, -0.2) is 5.91 Å². The van der Waals surface area contributed by atoms with Crippen LogP contribution < -0.4 is 10.0 Å². The molecule has 0 radical (unpaired) electrons. The molecule has 0 spiro atoms. The number of aromatic nitrogens is 1. The molecular weight excluding hydrogens is 276 g/mol. The van der Waals surface area contributed by atoms with Gasteiger partial charge in [-0.2, -0.15) is 4.73 Å². The lowest BCUT2D eigenvalue weighted by Crippen LogP contribution is -2.32. The van der Waals surface area contributed by atoms with Gasteiger partial charge in [0.25, 0.3) is 5.91 Å². The molecule has 0 aliphatic heterocycles. The van der Waals surface area contributed by atoms with E-state index in [1.165, 1.54) is 30.1 Å². The lowest BCUT2D eigenvalue weighted by Gasteiger charge is -2.23. The SMILES string of the molecule is CCc1ccc([C@@H](NC(=O)c2cc[n+]([O-])cc2)C(C)C)cc1. The van der Waals surface area contributed by atoms with E-state index in [2.05, 4.69) is 50.4 Å². The topological polar surface area (TPSA) is 56.0 Å². The van der Waals surface area contributed by atoms with Gasteiger partial charge in [-0.1, -0.05) is 45.0 Å². The summed E-state index contributed by atoms with van der Waals surface area (Å²) >= 11 is 0. The molecule has 0 saturated carbocycles. The van der Waals surface area contributed by atoms with Crippen LogP contribution in [0.15, 0.2) is 48.8 Å². The van der Waals surface area contributed by atoms with E-state index in [4.69, 9.17) is 0 Å². The molecule has 1 amide bonds. The Morgan fingerprint density at radius 1 is 1.14 bits per heavy atom. The highest BCUT2D eigenvalue weighted by atomic mass is 16.5. The molecule has 0 aliphatic rings. The molecule has 4 nitrogen and oxygen atoms in total. The molecule has 4 heteroatoms. The molecule has 0 unspecified atom stereocenters. The number of carbonyl (C=O) groups excluding carboxylic acids is 1. The van der Waals surface area contributed by atoms with Gasteiger partial charge in [0.15, 0.2) is 12.4 Å². The average molecular weight is 298 g/mol. The van der Waals surface area contributed by atoms with Crippen molar-refractivity contribution in [2.24, 2.45) is 5.92 Å². The molecule has 1 aromatic carbocycles. The van der Waals surface area contributed by atoms with Crippen LogP contribution in [0, 0.1) is 11.1 Å². The van der Waals surface area contributed by atoms with E-state index in [1.807, 2.05) is 0 Å². The molecule has 0 saturated heterocycles.